The Hall–Kier alpha value is -2.08. The van der Waals surface area contributed by atoms with Gasteiger partial charge in [-0.3, -0.25) is 0 Å². The third kappa shape index (κ3) is 2.34. The fourth-order valence-corrected chi connectivity index (χ4v) is 3.12. The quantitative estimate of drug-likeness (QED) is 0.823. The van der Waals surface area contributed by atoms with Gasteiger partial charge in [0.25, 0.3) is 0 Å². The van der Waals surface area contributed by atoms with Crippen molar-refractivity contribution in [2.45, 2.75) is 38.0 Å². The molecule has 0 spiro atoms. The third-order valence-electron chi connectivity index (χ3n) is 4.30. The second-order valence-corrected chi connectivity index (χ2v) is 5.62. The molecule has 0 radical (unpaired) electrons. The van der Waals surface area contributed by atoms with Crippen LogP contribution < -0.4 is 0 Å². The second kappa shape index (κ2) is 5.50. The molecule has 0 unspecified atom stereocenters. The van der Waals surface area contributed by atoms with E-state index in [1.165, 1.54) is 37.7 Å². The highest BCUT2D eigenvalue weighted by molar-refractivity contribution is 5.65. The zero-order chi connectivity index (χ0) is 13.9. The normalized spacial score (nSPS) is 16.0. The van der Waals surface area contributed by atoms with Crippen molar-refractivity contribution in [2.24, 2.45) is 7.05 Å². The summed E-state index contributed by atoms with van der Waals surface area (Å²) in [5.74, 6) is 0.719. The average molecular weight is 265 g/mol. The van der Waals surface area contributed by atoms with Gasteiger partial charge in [-0.1, -0.05) is 43.5 Å². The van der Waals surface area contributed by atoms with Gasteiger partial charge in [0.15, 0.2) is 0 Å². The molecule has 0 atom stereocenters. The lowest BCUT2D eigenvalue weighted by Gasteiger charge is -2.22. The Morgan fingerprint density at radius 2 is 1.85 bits per heavy atom. The summed E-state index contributed by atoms with van der Waals surface area (Å²) in [6, 6.07) is 10.8. The molecule has 3 nitrogen and oxygen atoms in total. The zero-order valence-corrected chi connectivity index (χ0v) is 11.8. The van der Waals surface area contributed by atoms with Crippen molar-refractivity contribution in [2.75, 3.05) is 0 Å². The number of nitrogens with zero attached hydrogens (tertiary/aromatic N) is 3. The van der Waals surface area contributed by atoms with E-state index < -0.39 is 0 Å². The first-order chi connectivity index (χ1) is 9.79. The Kier molecular flexibility index (Phi) is 3.56. The second-order valence-electron chi connectivity index (χ2n) is 5.62. The van der Waals surface area contributed by atoms with Crippen LogP contribution in [0.2, 0.25) is 0 Å². The predicted octanol–water partition coefficient (Wildman–Crippen LogP) is 4.01. The molecule has 0 amide bonds. The summed E-state index contributed by atoms with van der Waals surface area (Å²) in [7, 11) is 1.85. The van der Waals surface area contributed by atoms with Crippen LogP contribution in [-0.2, 0) is 7.05 Å². The molecule has 1 heterocycles. The summed E-state index contributed by atoms with van der Waals surface area (Å²) in [4.78, 5) is 4.34. The molecule has 0 aliphatic heterocycles. The number of benzene rings is 1. The maximum absolute atomic E-state index is 9.20. The van der Waals surface area contributed by atoms with Gasteiger partial charge in [-0.25, -0.2) is 4.98 Å². The van der Waals surface area contributed by atoms with Gasteiger partial charge in [-0.2, -0.15) is 5.26 Å². The average Bonchev–Trinajstić information content (AvgIpc) is 2.89. The van der Waals surface area contributed by atoms with Crippen molar-refractivity contribution >= 4 is 0 Å². The minimum Gasteiger partial charge on any atom is -0.325 e. The minimum atomic E-state index is 0.621. The molecule has 1 saturated carbocycles. The van der Waals surface area contributed by atoms with Gasteiger partial charge in [0.05, 0.1) is 6.33 Å². The van der Waals surface area contributed by atoms with Crippen LogP contribution >= 0.6 is 0 Å². The molecule has 0 saturated heterocycles. The molecular formula is C17H19N3. The van der Waals surface area contributed by atoms with E-state index in [2.05, 4.69) is 35.3 Å². The number of hydrogen-bond donors (Lipinski definition) is 0. The zero-order valence-electron chi connectivity index (χ0n) is 11.8. The Morgan fingerprint density at radius 3 is 2.50 bits per heavy atom. The first-order valence-corrected chi connectivity index (χ1v) is 7.31. The molecule has 1 aromatic carbocycles. The first kappa shape index (κ1) is 12.9. The maximum Gasteiger partial charge on any atom is 0.147 e. The summed E-state index contributed by atoms with van der Waals surface area (Å²) in [6.07, 6.45) is 8.41. The summed E-state index contributed by atoms with van der Waals surface area (Å²) in [5, 5.41) is 9.20. The fourth-order valence-electron chi connectivity index (χ4n) is 3.12. The van der Waals surface area contributed by atoms with E-state index in [1.54, 1.807) is 10.9 Å². The van der Waals surface area contributed by atoms with Crippen LogP contribution in [0.5, 0.6) is 0 Å². The van der Waals surface area contributed by atoms with Crippen LogP contribution in [0.3, 0.4) is 0 Å². The molecular weight excluding hydrogens is 246 g/mol. The van der Waals surface area contributed by atoms with E-state index in [0.29, 0.717) is 5.69 Å². The number of aromatic nitrogens is 2. The largest absolute Gasteiger partial charge is 0.325 e. The van der Waals surface area contributed by atoms with Crippen LogP contribution in [0.1, 0.15) is 49.3 Å². The molecule has 3 rings (SSSR count). The summed E-state index contributed by atoms with van der Waals surface area (Å²) >= 11 is 0. The Bertz CT molecular complexity index is 625. The number of nitriles is 1. The first-order valence-electron chi connectivity index (χ1n) is 7.31. The van der Waals surface area contributed by atoms with E-state index in [4.69, 9.17) is 0 Å². The standard InChI is InChI=1S/C17H19N3/c1-20-12-19-17(16(20)11-18)15-9-7-14(8-10-15)13-5-3-2-4-6-13/h7-10,12-13H,2-6H2,1H3. The van der Waals surface area contributed by atoms with Gasteiger partial charge in [0.2, 0.25) is 0 Å². The molecule has 0 bridgehead atoms. The lowest BCUT2D eigenvalue weighted by molar-refractivity contribution is 0.443. The van der Waals surface area contributed by atoms with Gasteiger partial charge in [0.1, 0.15) is 17.5 Å². The van der Waals surface area contributed by atoms with Gasteiger partial charge >= 0.3 is 0 Å². The molecule has 3 heteroatoms. The Morgan fingerprint density at radius 1 is 1.15 bits per heavy atom. The molecule has 102 valence electrons. The summed E-state index contributed by atoms with van der Waals surface area (Å²) in [5.41, 5.74) is 3.87. The molecule has 2 aromatic rings. The molecule has 20 heavy (non-hydrogen) atoms. The van der Waals surface area contributed by atoms with Crippen LogP contribution in [0.4, 0.5) is 0 Å². The van der Waals surface area contributed by atoms with Gasteiger partial charge in [-0.05, 0) is 24.3 Å². The highest BCUT2D eigenvalue weighted by Gasteiger charge is 2.16. The van der Waals surface area contributed by atoms with Crippen LogP contribution in [0.25, 0.3) is 11.3 Å². The molecule has 0 N–H and O–H groups in total. The molecule has 1 fully saturated rings. The smallest absolute Gasteiger partial charge is 0.147 e. The number of rotatable bonds is 2. The number of imidazole rings is 1. The van der Waals surface area contributed by atoms with E-state index >= 15 is 0 Å². The van der Waals surface area contributed by atoms with Crippen molar-refractivity contribution in [3.05, 3.63) is 41.9 Å². The van der Waals surface area contributed by atoms with Crippen LogP contribution in [0, 0.1) is 11.3 Å². The van der Waals surface area contributed by atoms with Gasteiger partial charge < -0.3 is 4.57 Å². The van der Waals surface area contributed by atoms with Crippen molar-refractivity contribution < 1.29 is 0 Å². The Labute approximate surface area is 119 Å². The minimum absolute atomic E-state index is 0.621. The van der Waals surface area contributed by atoms with Crippen LogP contribution in [0.15, 0.2) is 30.6 Å². The number of hydrogen-bond acceptors (Lipinski definition) is 2. The predicted molar refractivity (Wildman–Crippen MR) is 79.2 cm³/mol. The monoisotopic (exact) mass is 265 g/mol. The molecule has 1 aliphatic carbocycles. The lowest BCUT2D eigenvalue weighted by Crippen LogP contribution is -2.04. The third-order valence-corrected chi connectivity index (χ3v) is 4.30. The van der Waals surface area contributed by atoms with Crippen molar-refractivity contribution in [1.82, 2.24) is 9.55 Å². The molecule has 1 aromatic heterocycles. The van der Waals surface area contributed by atoms with Crippen molar-refractivity contribution in [1.29, 1.82) is 5.26 Å². The van der Waals surface area contributed by atoms with Crippen molar-refractivity contribution in [3.63, 3.8) is 0 Å². The van der Waals surface area contributed by atoms with Crippen LogP contribution in [-0.4, -0.2) is 9.55 Å². The lowest BCUT2D eigenvalue weighted by atomic mass is 9.84. The van der Waals surface area contributed by atoms with Gasteiger partial charge in [-0.15, -0.1) is 0 Å². The van der Waals surface area contributed by atoms with E-state index in [9.17, 15) is 5.26 Å². The number of aryl methyl sites for hydroxylation is 1. The molecule has 1 aliphatic rings. The van der Waals surface area contributed by atoms with E-state index in [1.807, 2.05) is 7.05 Å². The SMILES string of the molecule is Cn1cnc(-c2ccc(C3CCCCC3)cc2)c1C#N. The maximum atomic E-state index is 9.20. The van der Waals surface area contributed by atoms with Crippen molar-refractivity contribution in [3.8, 4) is 17.3 Å². The fraction of sp³-hybridized carbons (Fsp3) is 0.412. The summed E-state index contributed by atoms with van der Waals surface area (Å²) in [6.45, 7) is 0. The topological polar surface area (TPSA) is 41.6 Å². The Balaban J connectivity index is 1.87. The van der Waals surface area contributed by atoms with Gasteiger partial charge in [0, 0.05) is 12.6 Å². The highest BCUT2D eigenvalue weighted by Crippen LogP contribution is 2.33. The van der Waals surface area contributed by atoms with E-state index in [-0.39, 0.29) is 0 Å². The van der Waals surface area contributed by atoms with E-state index in [0.717, 1.165) is 17.2 Å². The highest BCUT2D eigenvalue weighted by atomic mass is 15.0. The summed E-state index contributed by atoms with van der Waals surface area (Å²) < 4.78 is 1.77.